The Bertz CT molecular complexity index is 460. The highest BCUT2D eigenvalue weighted by Gasteiger charge is 2.20. The van der Waals surface area contributed by atoms with Gasteiger partial charge in [0, 0.05) is 26.0 Å². The van der Waals surface area contributed by atoms with Crippen molar-refractivity contribution in [2.75, 3.05) is 19.0 Å². The molecule has 0 aliphatic heterocycles. The molecule has 0 saturated carbocycles. The monoisotopic (exact) mass is 265 g/mol. The van der Waals surface area contributed by atoms with Crippen LogP contribution in [0, 0.1) is 0 Å². The summed E-state index contributed by atoms with van der Waals surface area (Å²) in [7, 11) is 3.71. The van der Waals surface area contributed by atoms with E-state index in [0.717, 1.165) is 5.69 Å². The number of nitrogens with zero attached hydrogens (tertiary/aromatic N) is 2. The van der Waals surface area contributed by atoms with Crippen molar-refractivity contribution in [3.05, 3.63) is 24.0 Å². The molecule has 1 heterocycles. The van der Waals surface area contributed by atoms with Crippen molar-refractivity contribution < 1.29 is 14.7 Å². The third-order valence-electron chi connectivity index (χ3n) is 2.67. The first kappa shape index (κ1) is 14.9. The van der Waals surface area contributed by atoms with E-state index in [1.807, 2.05) is 25.9 Å². The van der Waals surface area contributed by atoms with Crippen molar-refractivity contribution in [3.8, 4) is 0 Å². The summed E-state index contributed by atoms with van der Waals surface area (Å²) in [5, 5.41) is 11.5. The molecule has 1 aromatic rings. The first-order chi connectivity index (χ1) is 8.95. The number of carboxylic acid groups (broad SMARTS) is 1. The number of aliphatic carboxylic acids is 1. The van der Waals surface area contributed by atoms with Gasteiger partial charge in [-0.1, -0.05) is 13.3 Å². The van der Waals surface area contributed by atoms with Crippen molar-refractivity contribution >= 4 is 17.6 Å². The highest BCUT2D eigenvalue weighted by Crippen LogP contribution is 2.11. The SMILES string of the molecule is CCCC(NC(=O)c1cc(N(C)C)ccn1)C(=O)O. The van der Waals surface area contributed by atoms with Crippen LogP contribution < -0.4 is 10.2 Å². The molecule has 0 radical (unpaired) electrons. The minimum absolute atomic E-state index is 0.216. The van der Waals surface area contributed by atoms with Crippen molar-refractivity contribution in [1.29, 1.82) is 0 Å². The van der Waals surface area contributed by atoms with Gasteiger partial charge in [-0.2, -0.15) is 0 Å². The molecule has 1 atom stereocenters. The number of anilines is 1. The minimum Gasteiger partial charge on any atom is -0.480 e. The van der Waals surface area contributed by atoms with Crippen LogP contribution in [0.5, 0.6) is 0 Å². The van der Waals surface area contributed by atoms with Crippen molar-refractivity contribution in [2.24, 2.45) is 0 Å². The highest BCUT2D eigenvalue weighted by molar-refractivity contribution is 5.95. The third kappa shape index (κ3) is 4.24. The van der Waals surface area contributed by atoms with E-state index < -0.39 is 17.9 Å². The molecule has 0 saturated heterocycles. The van der Waals surface area contributed by atoms with Crippen LogP contribution in [0.4, 0.5) is 5.69 Å². The number of carboxylic acids is 1. The maximum Gasteiger partial charge on any atom is 0.326 e. The summed E-state index contributed by atoms with van der Waals surface area (Å²) in [6.07, 6.45) is 2.61. The van der Waals surface area contributed by atoms with Crippen LogP contribution in [-0.4, -0.2) is 42.1 Å². The summed E-state index contributed by atoms with van der Waals surface area (Å²) < 4.78 is 0. The number of rotatable bonds is 6. The number of hydrogen-bond donors (Lipinski definition) is 2. The summed E-state index contributed by atoms with van der Waals surface area (Å²) >= 11 is 0. The summed E-state index contributed by atoms with van der Waals surface area (Å²) in [4.78, 5) is 28.8. The lowest BCUT2D eigenvalue weighted by atomic mass is 10.1. The van der Waals surface area contributed by atoms with E-state index in [-0.39, 0.29) is 5.69 Å². The smallest absolute Gasteiger partial charge is 0.326 e. The fourth-order valence-corrected chi connectivity index (χ4v) is 1.60. The molecule has 0 aliphatic rings. The Morgan fingerprint density at radius 3 is 2.68 bits per heavy atom. The van der Waals surface area contributed by atoms with Crippen LogP contribution in [0.3, 0.4) is 0 Å². The Morgan fingerprint density at radius 2 is 2.16 bits per heavy atom. The van der Waals surface area contributed by atoms with Gasteiger partial charge in [0.15, 0.2) is 0 Å². The van der Waals surface area contributed by atoms with E-state index in [0.29, 0.717) is 12.8 Å². The zero-order valence-corrected chi connectivity index (χ0v) is 11.4. The molecule has 6 heteroatoms. The van der Waals surface area contributed by atoms with Gasteiger partial charge in [-0.25, -0.2) is 4.79 Å². The van der Waals surface area contributed by atoms with Crippen LogP contribution in [0.1, 0.15) is 30.3 Å². The number of hydrogen-bond acceptors (Lipinski definition) is 4. The summed E-state index contributed by atoms with van der Waals surface area (Å²) in [5.41, 5.74) is 1.05. The lowest BCUT2D eigenvalue weighted by molar-refractivity contribution is -0.139. The summed E-state index contributed by atoms with van der Waals surface area (Å²) in [6.45, 7) is 1.87. The zero-order chi connectivity index (χ0) is 14.4. The molecular formula is C13H19N3O3. The van der Waals surface area contributed by atoms with Gasteiger partial charge in [-0.3, -0.25) is 9.78 Å². The maximum atomic E-state index is 12.0. The predicted octanol–water partition coefficient (Wildman–Crippen LogP) is 1.13. The molecule has 0 fully saturated rings. The van der Waals surface area contributed by atoms with Gasteiger partial charge < -0.3 is 15.3 Å². The molecule has 1 unspecified atom stereocenters. The number of nitrogens with one attached hydrogen (secondary N) is 1. The van der Waals surface area contributed by atoms with E-state index in [2.05, 4.69) is 10.3 Å². The molecule has 1 rings (SSSR count). The van der Waals surface area contributed by atoms with E-state index in [1.165, 1.54) is 6.20 Å². The van der Waals surface area contributed by atoms with Gasteiger partial charge in [0.2, 0.25) is 0 Å². The van der Waals surface area contributed by atoms with Crippen molar-refractivity contribution in [3.63, 3.8) is 0 Å². The van der Waals surface area contributed by atoms with E-state index in [1.54, 1.807) is 12.1 Å². The summed E-state index contributed by atoms with van der Waals surface area (Å²) in [6, 6.07) is 2.53. The quantitative estimate of drug-likeness (QED) is 0.805. The first-order valence-electron chi connectivity index (χ1n) is 6.12. The minimum atomic E-state index is -1.03. The molecule has 0 aromatic carbocycles. The lowest BCUT2D eigenvalue weighted by Gasteiger charge is -2.15. The van der Waals surface area contributed by atoms with E-state index >= 15 is 0 Å². The summed E-state index contributed by atoms with van der Waals surface area (Å²) in [5.74, 6) is -1.50. The molecule has 1 aromatic heterocycles. The van der Waals surface area contributed by atoms with Crippen molar-refractivity contribution in [2.45, 2.75) is 25.8 Å². The highest BCUT2D eigenvalue weighted by atomic mass is 16.4. The molecule has 6 nitrogen and oxygen atoms in total. The molecule has 0 spiro atoms. The second-order valence-electron chi connectivity index (χ2n) is 4.45. The molecular weight excluding hydrogens is 246 g/mol. The molecule has 1 amide bonds. The lowest BCUT2D eigenvalue weighted by Crippen LogP contribution is -2.41. The van der Waals surface area contributed by atoms with Gasteiger partial charge >= 0.3 is 5.97 Å². The molecule has 0 bridgehead atoms. The third-order valence-corrected chi connectivity index (χ3v) is 2.67. The van der Waals surface area contributed by atoms with Crippen LogP contribution in [0.15, 0.2) is 18.3 Å². The standard InChI is InChI=1S/C13H19N3O3/c1-4-5-10(13(18)19)15-12(17)11-8-9(16(2)3)6-7-14-11/h6-8,10H,4-5H2,1-3H3,(H,15,17)(H,18,19). The number of pyridine rings is 1. The van der Waals surface area contributed by atoms with Gasteiger partial charge in [0.25, 0.3) is 5.91 Å². The van der Waals surface area contributed by atoms with Gasteiger partial charge in [0.1, 0.15) is 11.7 Å². The Hall–Kier alpha value is -2.11. The Morgan fingerprint density at radius 1 is 1.47 bits per heavy atom. The Kier molecular flexibility index (Phi) is 5.29. The van der Waals surface area contributed by atoms with Gasteiger partial charge in [0.05, 0.1) is 0 Å². The number of carbonyl (C=O) groups excluding carboxylic acids is 1. The normalized spacial score (nSPS) is 11.7. The van der Waals surface area contributed by atoms with E-state index in [9.17, 15) is 9.59 Å². The topological polar surface area (TPSA) is 82.5 Å². The Labute approximate surface area is 112 Å². The predicted molar refractivity (Wildman–Crippen MR) is 72.4 cm³/mol. The average molecular weight is 265 g/mol. The average Bonchev–Trinajstić information content (AvgIpc) is 2.38. The van der Waals surface area contributed by atoms with E-state index in [4.69, 9.17) is 5.11 Å². The largest absolute Gasteiger partial charge is 0.480 e. The van der Waals surface area contributed by atoms with Gasteiger partial charge in [-0.05, 0) is 18.6 Å². The zero-order valence-electron chi connectivity index (χ0n) is 11.4. The molecule has 0 aliphatic carbocycles. The van der Waals surface area contributed by atoms with Crippen LogP contribution in [-0.2, 0) is 4.79 Å². The fourth-order valence-electron chi connectivity index (χ4n) is 1.60. The Balaban J connectivity index is 2.82. The van der Waals surface area contributed by atoms with Crippen LogP contribution in [0.25, 0.3) is 0 Å². The van der Waals surface area contributed by atoms with Crippen LogP contribution in [0.2, 0.25) is 0 Å². The molecule has 19 heavy (non-hydrogen) atoms. The maximum absolute atomic E-state index is 12.0. The number of carbonyl (C=O) groups is 2. The van der Waals surface area contributed by atoms with Crippen molar-refractivity contribution in [1.82, 2.24) is 10.3 Å². The number of amides is 1. The second kappa shape index (κ2) is 6.72. The number of aromatic nitrogens is 1. The first-order valence-corrected chi connectivity index (χ1v) is 6.12. The van der Waals surface area contributed by atoms with Gasteiger partial charge in [-0.15, -0.1) is 0 Å². The second-order valence-corrected chi connectivity index (χ2v) is 4.45. The fraction of sp³-hybridized carbons (Fsp3) is 0.462. The van der Waals surface area contributed by atoms with Crippen LogP contribution >= 0.6 is 0 Å². The molecule has 104 valence electrons. The molecule has 2 N–H and O–H groups in total.